The molecule has 0 saturated carbocycles. The van der Waals surface area contributed by atoms with Crippen molar-refractivity contribution in [3.05, 3.63) is 35.4 Å². The molecule has 2 bridgehead atoms. The summed E-state index contributed by atoms with van der Waals surface area (Å²) in [4.78, 5) is 0. The molecule has 0 unspecified atom stereocenters. The van der Waals surface area contributed by atoms with E-state index >= 15 is 0 Å². The van der Waals surface area contributed by atoms with Crippen molar-refractivity contribution in [1.82, 2.24) is 5.32 Å². The van der Waals surface area contributed by atoms with Gasteiger partial charge in [-0.25, -0.2) is 0 Å². The molecule has 0 radical (unpaired) electrons. The Morgan fingerprint density at radius 1 is 1.33 bits per heavy atom. The minimum atomic E-state index is 0.303. The highest BCUT2D eigenvalue weighted by Crippen LogP contribution is 2.50. The molecule has 3 rings (SSSR count). The van der Waals surface area contributed by atoms with Gasteiger partial charge < -0.3 is 10.1 Å². The number of benzene rings is 1. The summed E-state index contributed by atoms with van der Waals surface area (Å²) in [7, 11) is 0. The van der Waals surface area contributed by atoms with Gasteiger partial charge in [-0.1, -0.05) is 31.2 Å². The van der Waals surface area contributed by atoms with E-state index in [4.69, 9.17) is 4.74 Å². The molecule has 0 aliphatic carbocycles. The van der Waals surface area contributed by atoms with E-state index in [1.165, 1.54) is 17.5 Å². The molecule has 3 atom stereocenters. The lowest BCUT2D eigenvalue weighted by Crippen LogP contribution is -2.33. The van der Waals surface area contributed by atoms with Crippen molar-refractivity contribution in [3.8, 4) is 0 Å². The summed E-state index contributed by atoms with van der Waals surface area (Å²) in [6.45, 7) is 3.30. The molecule has 0 amide bonds. The summed E-state index contributed by atoms with van der Waals surface area (Å²) in [5.41, 5.74) is 2.82. The van der Waals surface area contributed by atoms with Gasteiger partial charge in [-0.15, -0.1) is 0 Å². The van der Waals surface area contributed by atoms with Gasteiger partial charge >= 0.3 is 0 Å². The van der Waals surface area contributed by atoms with Crippen LogP contribution in [0.5, 0.6) is 0 Å². The first-order valence-electron chi connectivity index (χ1n) is 5.88. The Balaban J connectivity index is 1.82. The lowest BCUT2D eigenvalue weighted by atomic mass is 9.88. The minimum Gasteiger partial charge on any atom is -0.364 e. The monoisotopic (exact) mass is 203 g/mol. The van der Waals surface area contributed by atoms with Crippen LogP contribution in [-0.4, -0.2) is 12.6 Å². The van der Waals surface area contributed by atoms with Gasteiger partial charge in [-0.05, 0) is 30.5 Å². The van der Waals surface area contributed by atoms with Gasteiger partial charge in [0.1, 0.15) is 0 Å². The third-order valence-corrected chi connectivity index (χ3v) is 3.45. The molecule has 0 aromatic heterocycles. The van der Waals surface area contributed by atoms with E-state index in [1.54, 1.807) is 0 Å². The molecule has 1 aromatic carbocycles. The lowest BCUT2D eigenvalue weighted by Gasteiger charge is -2.22. The zero-order valence-corrected chi connectivity index (χ0v) is 9.07. The Bertz CT molecular complexity index is 363. The van der Waals surface area contributed by atoms with E-state index in [9.17, 15) is 0 Å². The second-order valence-electron chi connectivity index (χ2n) is 4.47. The van der Waals surface area contributed by atoms with Crippen LogP contribution in [0.15, 0.2) is 24.3 Å². The van der Waals surface area contributed by atoms with Crippen LogP contribution in [0.4, 0.5) is 0 Å². The van der Waals surface area contributed by atoms with Gasteiger partial charge in [0.05, 0.1) is 12.2 Å². The molecule has 1 saturated heterocycles. The topological polar surface area (TPSA) is 21.3 Å². The van der Waals surface area contributed by atoms with Gasteiger partial charge in [0.15, 0.2) is 0 Å². The van der Waals surface area contributed by atoms with Crippen LogP contribution in [0.1, 0.15) is 43.1 Å². The summed E-state index contributed by atoms with van der Waals surface area (Å²) in [5.74, 6) is 0. The number of hydrogen-bond acceptors (Lipinski definition) is 2. The van der Waals surface area contributed by atoms with Gasteiger partial charge in [-0.2, -0.15) is 0 Å². The zero-order valence-electron chi connectivity index (χ0n) is 9.07. The Morgan fingerprint density at radius 2 is 2.13 bits per heavy atom. The second kappa shape index (κ2) is 3.62. The second-order valence-corrected chi connectivity index (χ2v) is 4.47. The maximum atomic E-state index is 5.99. The molecule has 2 nitrogen and oxygen atoms in total. The average molecular weight is 203 g/mol. The van der Waals surface area contributed by atoms with Crippen molar-refractivity contribution in [2.75, 3.05) is 6.54 Å². The maximum Gasteiger partial charge on any atom is 0.0990 e. The van der Waals surface area contributed by atoms with Crippen LogP contribution < -0.4 is 5.32 Å². The van der Waals surface area contributed by atoms with Crippen LogP contribution in [0.25, 0.3) is 0 Å². The Kier molecular flexibility index (Phi) is 2.26. The number of ether oxygens (including phenoxy) is 1. The summed E-state index contributed by atoms with van der Waals surface area (Å²) in [6, 6.07) is 9.16. The quantitative estimate of drug-likeness (QED) is 0.815. The van der Waals surface area contributed by atoms with Crippen molar-refractivity contribution < 1.29 is 4.74 Å². The van der Waals surface area contributed by atoms with E-state index in [0.29, 0.717) is 18.2 Å². The fraction of sp³-hybridized carbons (Fsp3) is 0.538. The van der Waals surface area contributed by atoms with Gasteiger partial charge in [0.2, 0.25) is 0 Å². The smallest absolute Gasteiger partial charge is 0.0990 e. The summed E-state index contributed by atoms with van der Waals surface area (Å²) in [6.07, 6.45) is 2.98. The van der Waals surface area contributed by atoms with E-state index in [0.717, 1.165) is 13.0 Å². The van der Waals surface area contributed by atoms with E-state index in [2.05, 4.69) is 36.5 Å². The zero-order chi connectivity index (χ0) is 10.3. The van der Waals surface area contributed by atoms with Crippen LogP contribution in [0.2, 0.25) is 0 Å². The van der Waals surface area contributed by atoms with Crippen molar-refractivity contribution in [2.45, 2.75) is 38.0 Å². The fourth-order valence-electron chi connectivity index (χ4n) is 2.76. The molecule has 1 N–H and O–H groups in total. The average Bonchev–Trinajstić information content (AvgIpc) is 2.85. The van der Waals surface area contributed by atoms with Crippen molar-refractivity contribution >= 4 is 0 Å². The van der Waals surface area contributed by atoms with Crippen LogP contribution in [0.3, 0.4) is 0 Å². The Morgan fingerprint density at radius 3 is 2.93 bits per heavy atom. The molecule has 1 aromatic rings. The molecule has 0 spiro atoms. The fourth-order valence-corrected chi connectivity index (χ4v) is 2.76. The highest BCUT2D eigenvalue weighted by Gasteiger charge is 2.44. The number of nitrogens with one attached hydrogen (secondary N) is 1. The predicted molar refractivity (Wildman–Crippen MR) is 59.7 cm³/mol. The minimum absolute atomic E-state index is 0.303. The van der Waals surface area contributed by atoms with E-state index < -0.39 is 0 Å². The van der Waals surface area contributed by atoms with Gasteiger partial charge in [0, 0.05) is 6.04 Å². The lowest BCUT2D eigenvalue weighted by molar-refractivity contribution is 0.0647. The third-order valence-electron chi connectivity index (χ3n) is 3.45. The number of hydrogen-bond donors (Lipinski definition) is 1. The van der Waals surface area contributed by atoms with Crippen LogP contribution in [0, 0.1) is 0 Å². The Hall–Kier alpha value is -0.860. The standard InChI is InChI=1S/C13H17NO/c1-2-7-14-11-8-12-9-5-3-4-6-10(9)13(11)15-12/h3-6,11-14H,2,7-8H2,1H3/t11-,12+,13+/m1/s1. The molecular weight excluding hydrogens is 186 g/mol. The summed E-state index contributed by atoms with van der Waals surface area (Å²) >= 11 is 0. The molecule has 2 heteroatoms. The number of rotatable bonds is 3. The Labute approximate surface area is 90.6 Å². The molecule has 2 aliphatic rings. The summed E-state index contributed by atoms with van der Waals surface area (Å²) < 4.78 is 5.99. The predicted octanol–water partition coefficient (Wildman–Crippen LogP) is 2.57. The first-order valence-corrected chi connectivity index (χ1v) is 5.88. The number of fused-ring (bicyclic) bond motifs is 5. The molecule has 1 fully saturated rings. The first kappa shape index (κ1) is 9.37. The summed E-state index contributed by atoms with van der Waals surface area (Å²) in [5, 5.41) is 3.58. The van der Waals surface area contributed by atoms with E-state index in [1.807, 2.05) is 0 Å². The van der Waals surface area contributed by atoms with E-state index in [-0.39, 0.29) is 0 Å². The molecule has 2 aliphatic heterocycles. The maximum absolute atomic E-state index is 5.99. The van der Waals surface area contributed by atoms with Crippen molar-refractivity contribution in [3.63, 3.8) is 0 Å². The molecular formula is C13H17NO. The normalized spacial score (nSPS) is 31.9. The molecule has 15 heavy (non-hydrogen) atoms. The SMILES string of the molecule is CCCN[C@@H]1C[C@@H]2O[C@H]1c1ccccc12. The van der Waals surface area contributed by atoms with Crippen LogP contribution in [-0.2, 0) is 4.74 Å². The molecule has 2 heterocycles. The third kappa shape index (κ3) is 1.40. The molecule has 80 valence electrons. The largest absolute Gasteiger partial charge is 0.364 e. The van der Waals surface area contributed by atoms with Crippen molar-refractivity contribution in [1.29, 1.82) is 0 Å². The van der Waals surface area contributed by atoms with Crippen LogP contribution >= 0.6 is 0 Å². The highest BCUT2D eigenvalue weighted by atomic mass is 16.5. The first-order chi connectivity index (χ1) is 7.40. The van der Waals surface area contributed by atoms with Crippen molar-refractivity contribution in [2.24, 2.45) is 0 Å². The van der Waals surface area contributed by atoms with Gasteiger partial charge in [0.25, 0.3) is 0 Å². The van der Waals surface area contributed by atoms with Gasteiger partial charge in [-0.3, -0.25) is 0 Å². The highest BCUT2D eigenvalue weighted by molar-refractivity contribution is 5.38.